The van der Waals surface area contributed by atoms with Gasteiger partial charge in [-0.05, 0) is 50.2 Å². The summed E-state index contributed by atoms with van der Waals surface area (Å²) in [4.78, 5) is 13.7. The fraction of sp³-hybridized carbons (Fsp3) is 0.100. The number of hydrogen-bond donors (Lipinski definition) is 1. The number of pyridine rings is 3. The van der Waals surface area contributed by atoms with E-state index in [-0.39, 0.29) is 0 Å². The van der Waals surface area contributed by atoms with Crippen LogP contribution in [0.1, 0.15) is 18.3 Å². The lowest BCUT2D eigenvalue weighted by molar-refractivity contribution is 0.319. The van der Waals surface area contributed by atoms with Crippen LogP contribution in [0.4, 0.5) is 0 Å². The molecule has 6 nitrogen and oxygen atoms in total. The van der Waals surface area contributed by atoms with Crippen molar-refractivity contribution in [2.75, 3.05) is 0 Å². The largest absolute Gasteiger partial charge is 0.411 e. The fourth-order valence-corrected chi connectivity index (χ4v) is 2.85. The molecule has 4 aromatic rings. The van der Waals surface area contributed by atoms with Gasteiger partial charge in [-0.2, -0.15) is 0 Å². The summed E-state index contributed by atoms with van der Waals surface area (Å²) in [5.74, 6) is 0.787. The van der Waals surface area contributed by atoms with Crippen molar-refractivity contribution in [2.24, 2.45) is 5.16 Å². The number of oxime groups is 1. The highest BCUT2D eigenvalue weighted by molar-refractivity contribution is 5.96. The molecule has 0 bridgehead atoms. The van der Waals surface area contributed by atoms with Gasteiger partial charge in [-0.1, -0.05) is 17.3 Å². The Morgan fingerprint density at radius 3 is 2.62 bits per heavy atom. The molecule has 0 saturated carbocycles. The van der Waals surface area contributed by atoms with Crippen molar-refractivity contribution in [3.05, 3.63) is 72.3 Å². The number of aromatic nitrogens is 4. The molecule has 0 unspecified atom stereocenters. The van der Waals surface area contributed by atoms with Crippen LogP contribution in [0.15, 0.2) is 66.1 Å². The van der Waals surface area contributed by atoms with Crippen molar-refractivity contribution < 1.29 is 5.21 Å². The molecule has 128 valence electrons. The van der Waals surface area contributed by atoms with Crippen LogP contribution in [-0.2, 0) is 0 Å². The lowest BCUT2D eigenvalue weighted by Crippen LogP contribution is -2.00. The lowest BCUT2D eigenvalue weighted by atomic mass is 10.1. The molecular formula is C20H17N5O. The Morgan fingerprint density at radius 2 is 1.81 bits per heavy atom. The Balaban J connectivity index is 1.85. The summed E-state index contributed by atoms with van der Waals surface area (Å²) < 4.78 is 2.01. The van der Waals surface area contributed by atoms with E-state index < -0.39 is 0 Å². The van der Waals surface area contributed by atoms with Gasteiger partial charge in [0.05, 0.1) is 23.1 Å². The summed E-state index contributed by atoms with van der Waals surface area (Å²) in [7, 11) is 0. The monoisotopic (exact) mass is 343 g/mol. The standard InChI is InChI=1S/C20H17N5O/c1-13-5-3-8-19(22-13)20-21-11-16-10-9-15(12-25(16)20)18-7-4-6-17(23-18)14(2)24-26/h3-12,26H,1-2H3. The number of nitrogens with zero attached hydrogens (tertiary/aromatic N) is 5. The SMILES string of the molecule is CC(=NO)c1cccc(-c2ccc3cnc(-c4cccc(C)n4)n3c2)n1. The van der Waals surface area contributed by atoms with Crippen LogP contribution in [0.2, 0.25) is 0 Å². The van der Waals surface area contributed by atoms with E-state index in [2.05, 4.69) is 20.1 Å². The zero-order chi connectivity index (χ0) is 18.1. The molecule has 0 aromatic carbocycles. The van der Waals surface area contributed by atoms with Gasteiger partial charge in [0, 0.05) is 17.5 Å². The second-order valence-electron chi connectivity index (χ2n) is 6.05. The summed E-state index contributed by atoms with van der Waals surface area (Å²) >= 11 is 0. The molecule has 1 N–H and O–H groups in total. The minimum absolute atomic E-state index is 0.472. The average molecular weight is 343 g/mol. The molecular weight excluding hydrogens is 326 g/mol. The van der Waals surface area contributed by atoms with Crippen molar-refractivity contribution in [1.29, 1.82) is 0 Å². The van der Waals surface area contributed by atoms with Gasteiger partial charge in [-0.3, -0.25) is 4.40 Å². The molecule has 0 aliphatic rings. The summed E-state index contributed by atoms with van der Waals surface area (Å²) in [5, 5.41) is 12.2. The molecule has 0 atom stereocenters. The molecule has 6 heteroatoms. The third-order valence-electron chi connectivity index (χ3n) is 4.21. The van der Waals surface area contributed by atoms with E-state index in [1.165, 1.54) is 0 Å². The highest BCUT2D eigenvalue weighted by Crippen LogP contribution is 2.23. The zero-order valence-electron chi connectivity index (χ0n) is 14.5. The van der Waals surface area contributed by atoms with Crippen LogP contribution < -0.4 is 0 Å². The van der Waals surface area contributed by atoms with Crippen LogP contribution in [0, 0.1) is 6.92 Å². The van der Waals surface area contributed by atoms with Gasteiger partial charge >= 0.3 is 0 Å². The molecule has 0 fully saturated rings. The molecule has 4 rings (SSSR count). The maximum Gasteiger partial charge on any atom is 0.163 e. The fourth-order valence-electron chi connectivity index (χ4n) is 2.85. The van der Waals surface area contributed by atoms with E-state index in [0.717, 1.165) is 34.0 Å². The summed E-state index contributed by atoms with van der Waals surface area (Å²) in [6, 6.07) is 15.5. The van der Waals surface area contributed by atoms with Crippen LogP contribution in [0.3, 0.4) is 0 Å². The summed E-state index contributed by atoms with van der Waals surface area (Å²) in [5.41, 5.74) is 5.60. The van der Waals surface area contributed by atoms with Crippen LogP contribution in [0.25, 0.3) is 28.3 Å². The van der Waals surface area contributed by atoms with Gasteiger partial charge in [-0.25, -0.2) is 15.0 Å². The lowest BCUT2D eigenvalue weighted by Gasteiger charge is -2.07. The van der Waals surface area contributed by atoms with Gasteiger partial charge in [0.25, 0.3) is 0 Å². The Hall–Kier alpha value is -3.54. The minimum atomic E-state index is 0.472. The molecule has 0 amide bonds. The normalized spacial score (nSPS) is 11.8. The van der Waals surface area contributed by atoms with Crippen molar-refractivity contribution in [3.8, 4) is 22.8 Å². The Morgan fingerprint density at radius 1 is 1.00 bits per heavy atom. The van der Waals surface area contributed by atoms with Gasteiger partial charge in [0.1, 0.15) is 11.4 Å². The first-order valence-corrected chi connectivity index (χ1v) is 8.23. The van der Waals surface area contributed by atoms with Crippen molar-refractivity contribution in [2.45, 2.75) is 13.8 Å². The number of imidazole rings is 1. The van der Waals surface area contributed by atoms with Gasteiger partial charge in [0.2, 0.25) is 0 Å². The second kappa shape index (κ2) is 6.40. The van der Waals surface area contributed by atoms with E-state index in [0.29, 0.717) is 11.4 Å². The summed E-state index contributed by atoms with van der Waals surface area (Å²) in [6.07, 6.45) is 3.83. The van der Waals surface area contributed by atoms with E-state index in [1.54, 1.807) is 6.92 Å². The van der Waals surface area contributed by atoms with Crippen LogP contribution >= 0.6 is 0 Å². The molecule has 0 aliphatic carbocycles. The minimum Gasteiger partial charge on any atom is -0.411 e. The zero-order valence-corrected chi connectivity index (χ0v) is 14.5. The quantitative estimate of drug-likeness (QED) is 0.347. The first kappa shape index (κ1) is 16.0. The number of fused-ring (bicyclic) bond motifs is 1. The van der Waals surface area contributed by atoms with E-state index in [9.17, 15) is 0 Å². The van der Waals surface area contributed by atoms with Gasteiger partial charge in [0.15, 0.2) is 5.82 Å². The maximum absolute atomic E-state index is 8.98. The van der Waals surface area contributed by atoms with E-state index in [4.69, 9.17) is 5.21 Å². The maximum atomic E-state index is 8.98. The van der Waals surface area contributed by atoms with Crippen molar-refractivity contribution in [1.82, 2.24) is 19.4 Å². The Kier molecular flexibility index (Phi) is 3.93. The van der Waals surface area contributed by atoms with Crippen molar-refractivity contribution in [3.63, 3.8) is 0 Å². The Labute approximate surface area is 150 Å². The highest BCUT2D eigenvalue weighted by Gasteiger charge is 2.10. The Bertz CT molecular complexity index is 1130. The first-order valence-electron chi connectivity index (χ1n) is 8.23. The number of hydrogen-bond acceptors (Lipinski definition) is 5. The molecule has 4 aromatic heterocycles. The average Bonchev–Trinajstić information content (AvgIpc) is 3.10. The summed E-state index contributed by atoms with van der Waals surface area (Å²) in [6.45, 7) is 3.68. The van der Waals surface area contributed by atoms with Crippen LogP contribution in [0.5, 0.6) is 0 Å². The van der Waals surface area contributed by atoms with Gasteiger partial charge < -0.3 is 5.21 Å². The number of aryl methyl sites for hydroxylation is 1. The third kappa shape index (κ3) is 2.82. The first-order chi connectivity index (χ1) is 12.7. The topological polar surface area (TPSA) is 75.7 Å². The highest BCUT2D eigenvalue weighted by atomic mass is 16.4. The van der Waals surface area contributed by atoms with Gasteiger partial charge in [-0.15, -0.1) is 0 Å². The smallest absolute Gasteiger partial charge is 0.163 e. The molecule has 0 saturated heterocycles. The number of rotatable bonds is 3. The molecule has 0 radical (unpaired) electrons. The van der Waals surface area contributed by atoms with Crippen molar-refractivity contribution >= 4 is 11.2 Å². The second-order valence-corrected chi connectivity index (χ2v) is 6.05. The third-order valence-corrected chi connectivity index (χ3v) is 4.21. The molecule has 0 aliphatic heterocycles. The predicted molar refractivity (Wildman–Crippen MR) is 100 cm³/mol. The molecule has 4 heterocycles. The molecule has 0 spiro atoms. The molecule has 26 heavy (non-hydrogen) atoms. The van der Waals surface area contributed by atoms with Crippen LogP contribution in [-0.4, -0.2) is 30.3 Å². The predicted octanol–water partition coefficient (Wildman–Crippen LogP) is 3.96. The van der Waals surface area contributed by atoms with E-state index >= 15 is 0 Å². The van der Waals surface area contributed by atoms with E-state index in [1.807, 2.05) is 72.2 Å².